The van der Waals surface area contributed by atoms with E-state index in [1.165, 1.54) is 25.8 Å². The molecule has 19 heavy (non-hydrogen) atoms. The monoisotopic (exact) mass is 266 g/mol. The van der Waals surface area contributed by atoms with E-state index in [9.17, 15) is 0 Å². The largest absolute Gasteiger partial charge is 0.396 e. The Morgan fingerprint density at radius 3 is 3.05 bits per heavy atom. The second kappa shape index (κ2) is 7.60. The van der Waals surface area contributed by atoms with Crippen molar-refractivity contribution in [2.75, 3.05) is 26.2 Å². The van der Waals surface area contributed by atoms with Gasteiger partial charge in [-0.1, -0.05) is 0 Å². The van der Waals surface area contributed by atoms with Crippen LogP contribution < -0.4 is 0 Å². The zero-order valence-electron chi connectivity index (χ0n) is 12.0. The second-order valence-electron chi connectivity index (χ2n) is 5.40. The van der Waals surface area contributed by atoms with Gasteiger partial charge >= 0.3 is 0 Å². The molecule has 0 radical (unpaired) electrons. The summed E-state index contributed by atoms with van der Waals surface area (Å²) in [5.41, 5.74) is 0. The van der Waals surface area contributed by atoms with Gasteiger partial charge in [0.05, 0.1) is 0 Å². The van der Waals surface area contributed by atoms with E-state index in [4.69, 9.17) is 5.11 Å². The summed E-state index contributed by atoms with van der Waals surface area (Å²) in [6, 6.07) is 0. The molecule has 0 aliphatic carbocycles. The lowest BCUT2D eigenvalue weighted by Gasteiger charge is -2.32. The van der Waals surface area contributed by atoms with Gasteiger partial charge < -0.3 is 14.6 Å². The predicted octanol–water partition coefficient (Wildman–Crippen LogP) is 1.64. The van der Waals surface area contributed by atoms with Crippen LogP contribution in [0, 0.1) is 0 Å². The molecule has 1 N–H and O–H groups in total. The average molecular weight is 266 g/mol. The van der Waals surface area contributed by atoms with Gasteiger partial charge in [-0.25, -0.2) is 0 Å². The number of hydrogen-bond donors (Lipinski definition) is 1. The van der Waals surface area contributed by atoms with E-state index < -0.39 is 0 Å². The van der Waals surface area contributed by atoms with Crippen LogP contribution in [-0.4, -0.2) is 51.0 Å². The molecule has 1 aliphatic heterocycles. The van der Waals surface area contributed by atoms with E-state index in [2.05, 4.69) is 26.6 Å². The van der Waals surface area contributed by atoms with Crippen LogP contribution in [0.2, 0.25) is 0 Å². The summed E-state index contributed by atoms with van der Waals surface area (Å²) in [6.07, 6.45) is 7.57. The van der Waals surface area contributed by atoms with Crippen molar-refractivity contribution in [3.63, 3.8) is 0 Å². The first kappa shape index (κ1) is 14.5. The van der Waals surface area contributed by atoms with Crippen molar-refractivity contribution in [3.05, 3.63) is 12.2 Å². The van der Waals surface area contributed by atoms with Gasteiger partial charge in [0, 0.05) is 25.6 Å². The summed E-state index contributed by atoms with van der Waals surface area (Å²) in [5, 5.41) is 17.2. The Kier molecular flexibility index (Phi) is 5.79. The maximum absolute atomic E-state index is 8.80. The lowest BCUT2D eigenvalue weighted by molar-refractivity contribution is 0.195. The summed E-state index contributed by atoms with van der Waals surface area (Å²) in [7, 11) is 0. The van der Waals surface area contributed by atoms with Gasteiger partial charge in [-0.3, -0.25) is 0 Å². The normalized spacial score (nSPS) is 20.8. The van der Waals surface area contributed by atoms with Gasteiger partial charge in [0.1, 0.15) is 12.2 Å². The Morgan fingerprint density at radius 2 is 2.26 bits per heavy atom. The summed E-state index contributed by atoms with van der Waals surface area (Å²) < 4.78 is 2.17. The number of hydrogen-bond acceptors (Lipinski definition) is 4. The van der Waals surface area contributed by atoms with Gasteiger partial charge in [0.15, 0.2) is 0 Å². The molecular formula is C14H26N4O. The first-order valence-corrected chi connectivity index (χ1v) is 7.56. The maximum Gasteiger partial charge on any atom is 0.137 e. The Morgan fingerprint density at radius 1 is 1.37 bits per heavy atom. The first-order chi connectivity index (χ1) is 9.35. The van der Waals surface area contributed by atoms with Gasteiger partial charge in [-0.05, 0) is 52.1 Å². The van der Waals surface area contributed by atoms with Crippen LogP contribution in [0.3, 0.4) is 0 Å². The highest BCUT2D eigenvalue weighted by molar-refractivity contribution is 4.99. The fourth-order valence-corrected chi connectivity index (χ4v) is 2.92. The highest BCUT2D eigenvalue weighted by Gasteiger charge is 2.24. The van der Waals surface area contributed by atoms with Gasteiger partial charge in [0.2, 0.25) is 0 Å². The van der Waals surface area contributed by atoms with Crippen LogP contribution in [0.25, 0.3) is 0 Å². The number of rotatable bonds is 7. The van der Waals surface area contributed by atoms with Gasteiger partial charge in [0.25, 0.3) is 0 Å². The molecule has 0 saturated carbocycles. The molecule has 5 heteroatoms. The minimum atomic E-state index is 0.322. The number of likely N-dealkylation sites (tertiary alicyclic amines) is 1. The Hall–Kier alpha value is -0.940. The summed E-state index contributed by atoms with van der Waals surface area (Å²) in [5.74, 6) is 1.69. The molecule has 0 spiro atoms. The molecule has 5 nitrogen and oxygen atoms in total. The number of aromatic nitrogens is 3. The molecule has 1 aromatic rings. The molecule has 0 aromatic carbocycles. The third-order valence-corrected chi connectivity index (χ3v) is 3.99. The quantitative estimate of drug-likeness (QED) is 0.762. The Labute approximate surface area is 115 Å². The average Bonchev–Trinajstić information content (AvgIpc) is 2.92. The third-order valence-electron chi connectivity index (χ3n) is 3.99. The first-order valence-electron chi connectivity index (χ1n) is 7.56. The SMILES string of the molecule is CCn1cnnc1C1CCCN(CCCCCO)C1. The van der Waals surface area contributed by atoms with Crippen molar-refractivity contribution < 1.29 is 5.11 Å². The smallest absolute Gasteiger partial charge is 0.137 e. The number of unbranched alkanes of at least 4 members (excludes halogenated alkanes) is 2. The highest BCUT2D eigenvalue weighted by atomic mass is 16.2. The molecule has 0 amide bonds. The fraction of sp³-hybridized carbons (Fsp3) is 0.857. The molecule has 1 unspecified atom stereocenters. The highest BCUT2D eigenvalue weighted by Crippen LogP contribution is 2.25. The molecule has 108 valence electrons. The minimum absolute atomic E-state index is 0.322. The third kappa shape index (κ3) is 4.01. The molecule has 2 rings (SSSR count). The van der Waals surface area contributed by atoms with Crippen molar-refractivity contribution in [1.82, 2.24) is 19.7 Å². The van der Waals surface area contributed by atoms with Crippen LogP contribution in [0.5, 0.6) is 0 Å². The van der Waals surface area contributed by atoms with Crippen LogP contribution in [0.15, 0.2) is 6.33 Å². The number of aryl methyl sites for hydroxylation is 1. The molecule has 0 bridgehead atoms. The molecule has 2 heterocycles. The maximum atomic E-state index is 8.80. The Balaban J connectivity index is 1.83. The van der Waals surface area contributed by atoms with E-state index >= 15 is 0 Å². The lowest BCUT2D eigenvalue weighted by atomic mass is 9.97. The predicted molar refractivity (Wildman–Crippen MR) is 75.0 cm³/mol. The fourth-order valence-electron chi connectivity index (χ4n) is 2.92. The summed E-state index contributed by atoms with van der Waals surface area (Å²) in [6.45, 7) is 6.88. The van der Waals surface area contributed by atoms with E-state index in [1.807, 2.05) is 6.33 Å². The van der Waals surface area contributed by atoms with Gasteiger partial charge in [-0.2, -0.15) is 0 Å². The van der Waals surface area contributed by atoms with Crippen LogP contribution in [-0.2, 0) is 6.54 Å². The number of aliphatic hydroxyl groups excluding tert-OH is 1. The van der Waals surface area contributed by atoms with Crippen molar-refractivity contribution >= 4 is 0 Å². The van der Waals surface area contributed by atoms with E-state index in [-0.39, 0.29) is 0 Å². The van der Waals surface area contributed by atoms with E-state index in [1.54, 1.807) is 0 Å². The molecule has 1 atom stereocenters. The van der Waals surface area contributed by atoms with Crippen molar-refractivity contribution in [1.29, 1.82) is 0 Å². The molecule has 1 fully saturated rings. The topological polar surface area (TPSA) is 54.2 Å². The summed E-state index contributed by atoms with van der Waals surface area (Å²) in [4.78, 5) is 2.54. The molecule has 1 aliphatic rings. The minimum Gasteiger partial charge on any atom is -0.396 e. The molecule has 1 aromatic heterocycles. The molecular weight excluding hydrogens is 240 g/mol. The standard InChI is InChI=1S/C14H26N4O/c1-2-18-12-15-16-14(18)13-7-6-9-17(11-13)8-4-3-5-10-19/h12-13,19H,2-11H2,1H3. The van der Waals surface area contributed by atoms with Crippen LogP contribution in [0.1, 0.15) is 50.8 Å². The van der Waals surface area contributed by atoms with Crippen molar-refractivity contribution in [2.24, 2.45) is 0 Å². The van der Waals surface area contributed by atoms with E-state index in [0.717, 1.165) is 38.3 Å². The summed E-state index contributed by atoms with van der Waals surface area (Å²) >= 11 is 0. The second-order valence-corrected chi connectivity index (χ2v) is 5.40. The number of nitrogens with zero attached hydrogens (tertiary/aromatic N) is 4. The number of piperidine rings is 1. The Bertz CT molecular complexity index is 366. The van der Waals surface area contributed by atoms with Crippen LogP contribution in [0.4, 0.5) is 0 Å². The lowest BCUT2D eigenvalue weighted by Crippen LogP contribution is -2.36. The van der Waals surface area contributed by atoms with Crippen molar-refractivity contribution in [2.45, 2.75) is 51.5 Å². The number of aliphatic hydroxyl groups is 1. The van der Waals surface area contributed by atoms with Gasteiger partial charge in [-0.15, -0.1) is 10.2 Å². The zero-order valence-corrected chi connectivity index (χ0v) is 12.0. The zero-order chi connectivity index (χ0) is 13.5. The molecule has 1 saturated heterocycles. The van der Waals surface area contributed by atoms with Crippen LogP contribution >= 0.6 is 0 Å². The van der Waals surface area contributed by atoms with E-state index in [0.29, 0.717) is 12.5 Å². The van der Waals surface area contributed by atoms with Crippen molar-refractivity contribution in [3.8, 4) is 0 Å².